The van der Waals surface area contributed by atoms with Crippen LogP contribution in [0.1, 0.15) is 49.0 Å². The Labute approximate surface area is 127 Å². The summed E-state index contributed by atoms with van der Waals surface area (Å²) in [6.45, 7) is 7.44. The second kappa shape index (κ2) is 8.28. The average molecular weight is 298 g/mol. The van der Waals surface area contributed by atoms with E-state index in [0.717, 1.165) is 36.5 Å². The first-order valence-corrected chi connectivity index (χ1v) is 7.19. The summed E-state index contributed by atoms with van der Waals surface area (Å²) < 4.78 is 5.68. The van der Waals surface area contributed by atoms with Crippen LogP contribution in [0.4, 0.5) is 0 Å². The number of likely N-dealkylation sites (tertiary alicyclic amines) is 1. The number of carbonyl (C=O) groups is 1. The Morgan fingerprint density at radius 2 is 1.95 bits per heavy atom. The van der Waals surface area contributed by atoms with Gasteiger partial charge in [0.25, 0.3) is 0 Å². The number of ketones is 1. The van der Waals surface area contributed by atoms with Crippen LogP contribution in [-0.4, -0.2) is 30.4 Å². The van der Waals surface area contributed by atoms with Crippen LogP contribution in [0.25, 0.3) is 0 Å². The Bertz CT molecular complexity index is 442. The molecule has 0 aromatic heterocycles. The zero-order valence-corrected chi connectivity index (χ0v) is 13.2. The van der Waals surface area contributed by atoms with E-state index >= 15 is 0 Å². The molecule has 1 aromatic rings. The third-order valence-corrected chi connectivity index (χ3v) is 3.61. The van der Waals surface area contributed by atoms with E-state index in [0.29, 0.717) is 6.61 Å². The van der Waals surface area contributed by atoms with Gasteiger partial charge in [-0.05, 0) is 58.0 Å². The number of Topliss-reactive ketones (excluding diaryl/α,β-unsaturated/α-hetero) is 1. The van der Waals surface area contributed by atoms with Crippen molar-refractivity contribution in [2.24, 2.45) is 0 Å². The van der Waals surface area contributed by atoms with Gasteiger partial charge in [-0.3, -0.25) is 9.69 Å². The van der Waals surface area contributed by atoms with Gasteiger partial charge in [0.05, 0.1) is 6.61 Å². The minimum atomic E-state index is 0. The van der Waals surface area contributed by atoms with Gasteiger partial charge in [0.1, 0.15) is 5.75 Å². The molecule has 0 amide bonds. The number of carbonyl (C=O) groups excluding carboxylic acids is 1. The monoisotopic (exact) mass is 297 g/mol. The van der Waals surface area contributed by atoms with Crippen LogP contribution in [0, 0.1) is 0 Å². The Hall–Kier alpha value is -1.06. The maximum Gasteiger partial charge on any atom is 0.159 e. The maximum absolute atomic E-state index is 11.5. The van der Waals surface area contributed by atoms with Crippen LogP contribution in [0.5, 0.6) is 5.75 Å². The lowest BCUT2D eigenvalue weighted by Crippen LogP contribution is -2.29. The number of benzene rings is 1. The van der Waals surface area contributed by atoms with Gasteiger partial charge in [-0.2, -0.15) is 0 Å². The molecule has 1 fully saturated rings. The molecule has 0 atom stereocenters. The average Bonchev–Trinajstić information content (AvgIpc) is 2.42. The van der Waals surface area contributed by atoms with Gasteiger partial charge in [0, 0.05) is 17.7 Å². The van der Waals surface area contributed by atoms with E-state index in [9.17, 15) is 4.79 Å². The number of piperidine rings is 1. The molecule has 1 aromatic carbocycles. The summed E-state index contributed by atoms with van der Waals surface area (Å²) in [5.41, 5.74) is 1.91. The van der Waals surface area contributed by atoms with Gasteiger partial charge in [0.2, 0.25) is 0 Å². The van der Waals surface area contributed by atoms with Crippen molar-refractivity contribution in [3.8, 4) is 5.75 Å². The van der Waals surface area contributed by atoms with E-state index in [1.54, 1.807) is 6.92 Å². The van der Waals surface area contributed by atoms with Crippen molar-refractivity contribution in [1.29, 1.82) is 0 Å². The Morgan fingerprint density at radius 1 is 1.25 bits per heavy atom. The van der Waals surface area contributed by atoms with E-state index in [4.69, 9.17) is 4.74 Å². The molecule has 4 heteroatoms. The molecule has 20 heavy (non-hydrogen) atoms. The Kier molecular flexibility index (Phi) is 7.03. The minimum absolute atomic E-state index is 0. The minimum Gasteiger partial charge on any atom is -0.494 e. The summed E-state index contributed by atoms with van der Waals surface area (Å²) in [5.74, 6) is 1.03. The van der Waals surface area contributed by atoms with Gasteiger partial charge in [-0.15, -0.1) is 12.4 Å². The van der Waals surface area contributed by atoms with Crippen LogP contribution in [0.15, 0.2) is 18.2 Å². The summed E-state index contributed by atoms with van der Waals surface area (Å²) in [5, 5.41) is 0. The molecule has 0 radical (unpaired) electrons. The summed E-state index contributed by atoms with van der Waals surface area (Å²) in [7, 11) is 0. The van der Waals surface area contributed by atoms with Crippen LogP contribution < -0.4 is 4.74 Å². The number of nitrogens with zero attached hydrogens (tertiary/aromatic N) is 1. The predicted octanol–water partition coefficient (Wildman–Crippen LogP) is 3.70. The van der Waals surface area contributed by atoms with Crippen molar-refractivity contribution in [2.45, 2.75) is 39.7 Å². The molecular weight excluding hydrogens is 274 g/mol. The van der Waals surface area contributed by atoms with E-state index in [-0.39, 0.29) is 18.2 Å². The fourth-order valence-corrected chi connectivity index (χ4v) is 2.58. The smallest absolute Gasteiger partial charge is 0.159 e. The third kappa shape index (κ3) is 4.50. The largest absolute Gasteiger partial charge is 0.494 e. The molecule has 1 aliphatic heterocycles. The molecule has 0 saturated carbocycles. The molecular formula is C16H24ClNO2. The van der Waals surface area contributed by atoms with Gasteiger partial charge in [-0.25, -0.2) is 0 Å². The molecule has 112 valence electrons. The highest BCUT2D eigenvalue weighted by molar-refractivity contribution is 5.94. The quantitative estimate of drug-likeness (QED) is 0.776. The van der Waals surface area contributed by atoms with E-state index in [1.165, 1.54) is 19.3 Å². The van der Waals surface area contributed by atoms with E-state index in [1.807, 2.05) is 25.1 Å². The predicted molar refractivity (Wildman–Crippen MR) is 84.0 cm³/mol. The molecule has 0 bridgehead atoms. The van der Waals surface area contributed by atoms with Crippen molar-refractivity contribution in [3.05, 3.63) is 29.3 Å². The van der Waals surface area contributed by atoms with Crippen molar-refractivity contribution >= 4 is 18.2 Å². The standard InChI is InChI=1S/C16H23NO2.ClH/c1-3-19-16-8-7-14(13(2)18)11-15(16)12-17-9-5-4-6-10-17;/h7-8,11H,3-6,9-10,12H2,1-2H3;1H. The second-order valence-corrected chi connectivity index (χ2v) is 5.15. The van der Waals surface area contributed by atoms with Gasteiger partial charge in [-0.1, -0.05) is 6.42 Å². The summed E-state index contributed by atoms with van der Waals surface area (Å²) in [6, 6.07) is 5.77. The molecule has 2 rings (SSSR count). The SMILES string of the molecule is CCOc1ccc(C(C)=O)cc1CN1CCCCC1.Cl. The molecule has 1 aliphatic rings. The second-order valence-electron chi connectivity index (χ2n) is 5.15. The lowest BCUT2D eigenvalue weighted by atomic mass is 10.0. The summed E-state index contributed by atoms with van der Waals surface area (Å²) in [6.07, 6.45) is 3.88. The Balaban J connectivity index is 0.00000200. The Morgan fingerprint density at radius 3 is 2.55 bits per heavy atom. The zero-order valence-electron chi connectivity index (χ0n) is 12.4. The summed E-state index contributed by atoms with van der Waals surface area (Å²) >= 11 is 0. The molecule has 0 aliphatic carbocycles. The molecule has 3 nitrogen and oxygen atoms in total. The van der Waals surface area contributed by atoms with Crippen molar-refractivity contribution in [1.82, 2.24) is 4.90 Å². The highest BCUT2D eigenvalue weighted by Gasteiger charge is 2.14. The van der Waals surface area contributed by atoms with Crippen LogP contribution in [0.3, 0.4) is 0 Å². The zero-order chi connectivity index (χ0) is 13.7. The fraction of sp³-hybridized carbons (Fsp3) is 0.562. The topological polar surface area (TPSA) is 29.5 Å². The number of halogens is 1. The number of rotatable bonds is 5. The van der Waals surface area contributed by atoms with Crippen molar-refractivity contribution in [2.75, 3.05) is 19.7 Å². The first-order chi connectivity index (χ1) is 9.20. The van der Waals surface area contributed by atoms with Gasteiger partial charge >= 0.3 is 0 Å². The molecule has 0 spiro atoms. The fourth-order valence-electron chi connectivity index (χ4n) is 2.58. The van der Waals surface area contributed by atoms with E-state index < -0.39 is 0 Å². The first-order valence-electron chi connectivity index (χ1n) is 7.19. The molecule has 1 heterocycles. The first kappa shape index (κ1) is 17.0. The highest BCUT2D eigenvalue weighted by atomic mass is 35.5. The van der Waals surface area contributed by atoms with Crippen LogP contribution in [-0.2, 0) is 6.54 Å². The van der Waals surface area contributed by atoms with E-state index in [2.05, 4.69) is 4.90 Å². The van der Waals surface area contributed by atoms with Gasteiger partial charge in [0.15, 0.2) is 5.78 Å². The number of hydrogen-bond acceptors (Lipinski definition) is 3. The highest BCUT2D eigenvalue weighted by Crippen LogP contribution is 2.24. The normalized spacial score (nSPS) is 15.5. The van der Waals surface area contributed by atoms with Crippen LogP contribution >= 0.6 is 12.4 Å². The number of ether oxygens (including phenoxy) is 1. The van der Waals surface area contributed by atoms with Crippen molar-refractivity contribution < 1.29 is 9.53 Å². The molecule has 1 saturated heterocycles. The van der Waals surface area contributed by atoms with Crippen molar-refractivity contribution in [3.63, 3.8) is 0 Å². The third-order valence-electron chi connectivity index (χ3n) is 3.61. The number of hydrogen-bond donors (Lipinski definition) is 0. The molecule has 0 N–H and O–H groups in total. The molecule has 0 unspecified atom stereocenters. The lowest BCUT2D eigenvalue weighted by molar-refractivity contribution is 0.101. The maximum atomic E-state index is 11.5. The van der Waals surface area contributed by atoms with Gasteiger partial charge < -0.3 is 4.74 Å². The lowest BCUT2D eigenvalue weighted by Gasteiger charge is -2.27. The van der Waals surface area contributed by atoms with Crippen LogP contribution in [0.2, 0.25) is 0 Å². The summed E-state index contributed by atoms with van der Waals surface area (Å²) in [4.78, 5) is 14.0.